The van der Waals surface area contributed by atoms with Gasteiger partial charge in [-0.1, -0.05) is 73.2 Å². The number of methoxy groups -OCH3 is 1. The molecule has 44 heavy (non-hydrogen) atoms. The van der Waals surface area contributed by atoms with Crippen LogP contribution in [0.5, 0.6) is 5.75 Å². The van der Waals surface area contributed by atoms with Crippen LogP contribution in [0.1, 0.15) is 68.2 Å². The lowest BCUT2D eigenvalue weighted by molar-refractivity contribution is -0.141. The van der Waals surface area contributed by atoms with Crippen molar-refractivity contribution in [1.82, 2.24) is 14.9 Å². The van der Waals surface area contributed by atoms with Crippen LogP contribution in [0.15, 0.2) is 95.4 Å². The van der Waals surface area contributed by atoms with Crippen molar-refractivity contribution in [2.75, 3.05) is 20.2 Å². The molecule has 0 radical (unpaired) electrons. The number of benzene rings is 3. The van der Waals surface area contributed by atoms with Gasteiger partial charge in [0.15, 0.2) is 0 Å². The zero-order valence-electron chi connectivity index (χ0n) is 25.6. The van der Waals surface area contributed by atoms with Gasteiger partial charge in [-0.05, 0) is 79.5 Å². The molecule has 4 rings (SSSR count). The molecule has 3 aromatic carbocycles. The Balaban J connectivity index is 1.56. The molecule has 0 saturated carbocycles. The summed E-state index contributed by atoms with van der Waals surface area (Å²) < 4.78 is 32.5. The maximum atomic E-state index is 14.0. The van der Waals surface area contributed by atoms with Crippen LogP contribution in [0.2, 0.25) is 0 Å². The minimum atomic E-state index is -3.56. The summed E-state index contributed by atoms with van der Waals surface area (Å²) in [5, 5.41) is 3.12. The van der Waals surface area contributed by atoms with Crippen LogP contribution in [-0.2, 0) is 32.6 Å². The van der Waals surface area contributed by atoms with Gasteiger partial charge in [0, 0.05) is 26.1 Å². The van der Waals surface area contributed by atoms with E-state index in [0.717, 1.165) is 36.0 Å². The molecule has 1 aliphatic carbocycles. The summed E-state index contributed by atoms with van der Waals surface area (Å²) in [4.78, 5) is 29.7. The van der Waals surface area contributed by atoms with Crippen molar-refractivity contribution in [2.45, 2.75) is 69.4 Å². The molecule has 0 fully saturated rings. The molecule has 2 N–H and O–H groups in total. The van der Waals surface area contributed by atoms with Crippen molar-refractivity contribution in [3.63, 3.8) is 0 Å². The summed E-state index contributed by atoms with van der Waals surface area (Å²) in [7, 11) is -1.96. The number of nitrogens with one attached hydrogen (secondary N) is 2. The first-order valence-electron chi connectivity index (χ1n) is 15.3. The van der Waals surface area contributed by atoms with Gasteiger partial charge in [0.2, 0.25) is 21.8 Å². The van der Waals surface area contributed by atoms with Crippen LogP contribution >= 0.6 is 0 Å². The van der Waals surface area contributed by atoms with Gasteiger partial charge < -0.3 is 15.0 Å². The molecule has 0 spiro atoms. The Morgan fingerprint density at radius 1 is 0.909 bits per heavy atom. The summed E-state index contributed by atoms with van der Waals surface area (Å²) in [5.74, 6) is 0.317. The fourth-order valence-electron chi connectivity index (χ4n) is 5.44. The summed E-state index contributed by atoms with van der Waals surface area (Å²) in [6.07, 6.45) is 8.20. The number of carbonyl (C=O) groups is 2. The van der Waals surface area contributed by atoms with Crippen LogP contribution in [0.3, 0.4) is 0 Å². The number of rotatable bonds is 15. The molecule has 0 aliphatic heterocycles. The Kier molecular flexibility index (Phi) is 12.1. The van der Waals surface area contributed by atoms with Crippen LogP contribution < -0.4 is 14.8 Å². The highest BCUT2D eigenvalue weighted by molar-refractivity contribution is 7.89. The van der Waals surface area contributed by atoms with Gasteiger partial charge in [-0.2, -0.15) is 0 Å². The van der Waals surface area contributed by atoms with E-state index in [-0.39, 0.29) is 29.7 Å². The van der Waals surface area contributed by atoms with Gasteiger partial charge in [0.25, 0.3) is 0 Å². The van der Waals surface area contributed by atoms with E-state index >= 15 is 0 Å². The Morgan fingerprint density at radius 2 is 1.61 bits per heavy atom. The number of hydrogen-bond donors (Lipinski definition) is 2. The van der Waals surface area contributed by atoms with Crippen molar-refractivity contribution in [2.24, 2.45) is 0 Å². The van der Waals surface area contributed by atoms with Gasteiger partial charge in [0.05, 0.1) is 12.0 Å². The van der Waals surface area contributed by atoms with E-state index in [4.69, 9.17) is 4.74 Å². The molecule has 0 bridgehead atoms. The minimum absolute atomic E-state index is 0.152. The predicted molar refractivity (Wildman–Crippen MR) is 173 cm³/mol. The number of ether oxygens (including phenoxy) is 1. The number of sulfonamides is 1. The molecule has 2 amide bonds. The lowest BCUT2D eigenvalue weighted by Crippen LogP contribution is -2.43. The maximum absolute atomic E-state index is 14.0. The Bertz CT molecular complexity index is 1500. The third-order valence-electron chi connectivity index (χ3n) is 7.83. The van der Waals surface area contributed by atoms with Crippen molar-refractivity contribution in [1.29, 1.82) is 0 Å². The minimum Gasteiger partial charge on any atom is -0.497 e. The number of allylic oxidation sites excluding steroid dienone is 1. The van der Waals surface area contributed by atoms with Gasteiger partial charge in [0.1, 0.15) is 11.8 Å². The second-order valence-electron chi connectivity index (χ2n) is 11.0. The highest BCUT2D eigenvalue weighted by Gasteiger charge is 2.31. The van der Waals surface area contributed by atoms with Crippen molar-refractivity contribution in [3.05, 3.63) is 107 Å². The lowest BCUT2D eigenvalue weighted by atomic mass is 9.97. The average molecular weight is 618 g/mol. The van der Waals surface area contributed by atoms with Crippen LogP contribution in [0.25, 0.3) is 0 Å². The van der Waals surface area contributed by atoms with E-state index in [1.54, 1.807) is 43.2 Å². The largest absolute Gasteiger partial charge is 0.497 e. The van der Waals surface area contributed by atoms with Crippen molar-refractivity contribution >= 4 is 21.8 Å². The summed E-state index contributed by atoms with van der Waals surface area (Å²) in [5.41, 5.74) is 3.82. The molecule has 3 aromatic rings. The predicted octanol–water partition coefficient (Wildman–Crippen LogP) is 5.70. The van der Waals surface area contributed by atoms with Crippen molar-refractivity contribution < 1.29 is 22.7 Å². The molecular formula is C35H43N3O5S. The highest BCUT2D eigenvalue weighted by Crippen LogP contribution is 2.26. The van der Waals surface area contributed by atoms with E-state index in [9.17, 15) is 18.0 Å². The number of hydrogen-bond acceptors (Lipinski definition) is 5. The first kappa shape index (κ1) is 33.0. The number of amides is 2. The number of nitrogens with zero attached hydrogens (tertiary/aromatic N) is 1. The topological polar surface area (TPSA) is 105 Å². The molecule has 1 atom stereocenters. The maximum Gasteiger partial charge on any atom is 0.247 e. The van der Waals surface area contributed by atoms with Gasteiger partial charge in [-0.15, -0.1) is 0 Å². The fourth-order valence-corrected chi connectivity index (χ4v) is 6.48. The van der Waals surface area contributed by atoms with E-state index in [1.807, 2.05) is 54.6 Å². The van der Waals surface area contributed by atoms with Gasteiger partial charge >= 0.3 is 0 Å². The Morgan fingerprint density at radius 3 is 2.25 bits per heavy atom. The summed E-state index contributed by atoms with van der Waals surface area (Å²) in [6.45, 7) is 2.78. The van der Waals surface area contributed by atoms with Crippen LogP contribution in [0, 0.1) is 0 Å². The number of aryl methyl sites for hydroxylation is 1. The molecule has 0 unspecified atom stereocenters. The molecule has 8 nitrogen and oxygen atoms in total. The summed E-state index contributed by atoms with van der Waals surface area (Å²) >= 11 is 0. The molecule has 0 saturated heterocycles. The highest BCUT2D eigenvalue weighted by atomic mass is 32.2. The van der Waals surface area contributed by atoms with Crippen molar-refractivity contribution in [3.8, 4) is 5.75 Å². The monoisotopic (exact) mass is 617 g/mol. The molecule has 9 heteroatoms. The second-order valence-corrected chi connectivity index (χ2v) is 12.7. The first-order valence-corrected chi connectivity index (χ1v) is 16.8. The zero-order chi connectivity index (χ0) is 31.4. The smallest absolute Gasteiger partial charge is 0.247 e. The molecule has 0 aromatic heterocycles. The second kappa shape index (κ2) is 16.2. The Labute approximate surface area is 261 Å². The standard InChI is InChI=1S/C35H43N3O5S/c1-3-37-44(41,42)32-21-16-28(17-22-32)18-23-33(39)38(26-29-14-19-31(43-2)20-15-29)34(30-12-8-5-9-13-30)35(40)36-25-24-27-10-6-4-7-11-27/h5,8-10,12-17,19-22,34,37H,3-4,6-7,11,18,23-26H2,1-2H3,(H,36,40)/t34-/m0/s1. The molecule has 234 valence electrons. The molecule has 0 heterocycles. The lowest BCUT2D eigenvalue weighted by Gasteiger charge is -2.32. The zero-order valence-corrected chi connectivity index (χ0v) is 26.4. The fraction of sp³-hybridized carbons (Fsp3) is 0.371. The van der Waals surface area contributed by atoms with Crippen LogP contribution in [-0.4, -0.2) is 45.3 Å². The normalized spacial score (nSPS) is 13.9. The SMILES string of the molecule is CCNS(=O)(=O)c1ccc(CCC(=O)N(Cc2ccc(OC)cc2)[C@H](C(=O)NCCC2=CCCCC2)c2ccccc2)cc1. The van der Waals surface area contributed by atoms with E-state index in [2.05, 4.69) is 16.1 Å². The Hall–Kier alpha value is -3.95. The van der Waals surface area contributed by atoms with Gasteiger partial charge in [-0.3, -0.25) is 9.59 Å². The summed E-state index contributed by atoms with van der Waals surface area (Å²) in [6, 6.07) is 22.6. The van der Waals surface area contributed by atoms with Gasteiger partial charge in [-0.25, -0.2) is 13.1 Å². The van der Waals surface area contributed by atoms with E-state index in [0.29, 0.717) is 25.3 Å². The van der Waals surface area contributed by atoms with E-state index < -0.39 is 16.1 Å². The third kappa shape index (κ3) is 9.27. The quantitative estimate of drug-likeness (QED) is 0.213. The average Bonchev–Trinajstić information content (AvgIpc) is 3.05. The first-order chi connectivity index (χ1) is 21.3. The van der Waals surface area contributed by atoms with E-state index in [1.165, 1.54) is 18.4 Å². The molecule has 1 aliphatic rings. The molecular weight excluding hydrogens is 574 g/mol. The van der Waals surface area contributed by atoms with Crippen LogP contribution in [0.4, 0.5) is 0 Å². The number of carbonyl (C=O) groups excluding carboxylic acids is 2. The third-order valence-corrected chi connectivity index (χ3v) is 9.40.